The third-order valence-electron chi connectivity index (χ3n) is 5.66. The summed E-state index contributed by atoms with van der Waals surface area (Å²) in [4.78, 5) is 26.9. The summed E-state index contributed by atoms with van der Waals surface area (Å²) in [6.07, 6.45) is 2.06. The number of benzene rings is 3. The summed E-state index contributed by atoms with van der Waals surface area (Å²) >= 11 is 0. The minimum atomic E-state index is -0.930. The van der Waals surface area contributed by atoms with Crippen LogP contribution in [0, 0.1) is 0 Å². The first-order valence-electron chi connectivity index (χ1n) is 11.2. The summed E-state index contributed by atoms with van der Waals surface area (Å²) < 4.78 is 15.9. The van der Waals surface area contributed by atoms with Crippen LogP contribution >= 0.6 is 0 Å². The van der Waals surface area contributed by atoms with Gasteiger partial charge in [-0.2, -0.15) is 0 Å². The Balaban J connectivity index is 1.30. The van der Waals surface area contributed by atoms with Crippen molar-refractivity contribution in [3.8, 4) is 5.75 Å². The van der Waals surface area contributed by atoms with Crippen molar-refractivity contribution in [2.24, 2.45) is 0 Å². The van der Waals surface area contributed by atoms with Crippen LogP contribution in [0.2, 0.25) is 0 Å². The molecule has 7 heteroatoms. The van der Waals surface area contributed by atoms with Crippen LogP contribution in [0.1, 0.15) is 12.5 Å². The van der Waals surface area contributed by atoms with Crippen LogP contribution in [-0.4, -0.2) is 51.4 Å². The van der Waals surface area contributed by atoms with Crippen molar-refractivity contribution < 1.29 is 23.8 Å². The number of ether oxygens (including phenoxy) is 3. The Morgan fingerprint density at radius 3 is 2.44 bits per heavy atom. The van der Waals surface area contributed by atoms with Crippen LogP contribution < -0.4 is 15.0 Å². The summed E-state index contributed by atoms with van der Waals surface area (Å²) in [5.74, 6) is -0.180. The number of nitrogens with one attached hydrogen (secondary N) is 1. The van der Waals surface area contributed by atoms with E-state index < -0.39 is 12.1 Å². The molecule has 7 nitrogen and oxygen atoms in total. The van der Waals surface area contributed by atoms with E-state index in [1.807, 2.05) is 60.7 Å². The quantitative estimate of drug-likeness (QED) is 0.419. The topological polar surface area (TPSA) is 77.1 Å². The molecule has 0 bridgehead atoms. The molecule has 0 aliphatic carbocycles. The zero-order valence-corrected chi connectivity index (χ0v) is 19.3. The monoisotopic (exact) mass is 460 g/mol. The molecule has 1 N–H and O–H groups in total. The summed E-state index contributed by atoms with van der Waals surface area (Å²) in [5.41, 5.74) is 2.58. The Morgan fingerprint density at radius 1 is 1.00 bits per heavy atom. The van der Waals surface area contributed by atoms with Crippen LogP contribution in [0.5, 0.6) is 5.75 Å². The average Bonchev–Trinajstić information content (AvgIpc) is 2.88. The van der Waals surface area contributed by atoms with Crippen molar-refractivity contribution in [3.05, 3.63) is 72.3 Å². The lowest BCUT2D eigenvalue weighted by Gasteiger charge is -2.28. The molecule has 1 aliphatic heterocycles. The number of methoxy groups -OCH3 is 1. The molecule has 0 spiro atoms. The number of esters is 1. The lowest BCUT2D eigenvalue weighted by Crippen LogP contribution is -2.36. The standard InChI is InChI=1S/C27H28N2O5/c1-19(27(31)28-23-7-9-24(10-8-23)29-13-15-33-16-14-29)34-26(30)12-4-20-3-5-22-18-25(32-2)11-6-21(22)17-20/h3-12,17-19H,13-16H2,1-2H3,(H,28,31)/b12-4+/t19-/m0/s1. The molecule has 0 saturated carbocycles. The molecule has 0 aromatic heterocycles. The molecule has 176 valence electrons. The van der Waals surface area contributed by atoms with Crippen molar-refractivity contribution in [1.82, 2.24) is 0 Å². The smallest absolute Gasteiger partial charge is 0.331 e. The predicted octanol–water partition coefficient (Wildman–Crippen LogP) is 4.27. The molecule has 1 saturated heterocycles. The molecule has 1 fully saturated rings. The third kappa shape index (κ3) is 5.94. The predicted molar refractivity (Wildman–Crippen MR) is 133 cm³/mol. The van der Waals surface area contributed by atoms with Gasteiger partial charge in [0.25, 0.3) is 5.91 Å². The Labute approximate surface area is 198 Å². The second kappa shape index (κ2) is 10.9. The van der Waals surface area contributed by atoms with Crippen LogP contribution in [0.4, 0.5) is 11.4 Å². The van der Waals surface area contributed by atoms with Crippen LogP contribution in [-0.2, 0) is 19.1 Å². The molecule has 0 radical (unpaired) electrons. The highest BCUT2D eigenvalue weighted by atomic mass is 16.5. The van der Waals surface area contributed by atoms with Crippen molar-refractivity contribution in [2.75, 3.05) is 43.6 Å². The van der Waals surface area contributed by atoms with Gasteiger partial charge in [-0.3, -0.25) is 4.79 Å². The third-order valence-corrected chi connectivity index (χ3v) is 5.66. The van der Waals surface area contributed by atoms with Crippen molar-refractivity contribution in [1.29, 1.82) is 0 Å². The number of nitrogens with zero attached hydrogens (tertiary/aromatic N) is 1. The first-order chi connectivity index (χ1) is 16.5. The van der Waals surface area contributed by atoms with Gasteiger partial charge < -0.3 is 24.4 Å². The lowest BCUT2D eigenvalue weighted by molar-refractivity contribution is -0.148. The fourth-order valence-electron chi connectivity index (χ4n) is 3.73. The van der Waals surface area contributed by atoms with E-state index in [-0.39, 0.29) is 5.91 Å². The maximum Gasteiger partial charge on any atom is 0.331 e. The molecule has 34 heavy (non-hydrogen) atoms. The average molecular weight is 461 g/mol. The number of fused-ring (bicyclic) bond motifs is 1. The van der Waals surface area contributed by atoms with E-state index in [2.05, 4.69) is 10.2 Å². The highest BCUT2D eigenvalue weighted by Gasteiger charge is 2.17. The first kappa shape index (κ1) is 23.3. The molecule has 3 aromatic rings. The van der Waals surface area contributed by atoms with Gasteiger partial charge in [0.1, 0.15) is 5.75 Å². The normalized spacial score (nSPS) is 14.7. The summed E-state index contributed by atoms with van der Waals surface area (Å²) in [5, 5.41) is 4.86. The van der Waals surface area contributed by atoms with Gasteiger partial charge in [-0.15, -0.1) is 0 Å². The summed E-state index contributed by atoms with van der Waals surface area (Å²) in [6, 6.07) is 19.2. The first-order valence-corrected chi connectivity index (χ1v) is 11.2. The highest BCUT2D eigenvalue weighted by Crippen LogP contribution is 2.22. The lowest BCUT2D eigenvalue weighted by atomic mass is 10.1. The van der Waals surface area contributed by atoms with Gasteiger partial charge >= 0.3 is 5.97 Å². The van der Waals surface area contributed by atoms with Gasteiger partial charge in [-0.1, -0.05) is 18.2 Å². The molecule has 1 amide bonds. The highest BCUT2D eigenvalue weighted by molar-refractivity contribution is 5.97. The zero-order chi connectivity index (χ0) is 23.9. The summed E-state index contributed by atoms with van der Waals surface area (Å²) in [7, 11) is 1.63. The number of anilines is 2. The second-order valence-corrected chi connectivity index (χ2v) is 8.02. The van der Waals surface area contributed by atoms with Gasteiger partial charge in [0.15, 0.2) is 6.10 Å². The fourth-order valence-corrected chi connectivity index (χ4v) is 3.73. The number of carbonyl (C=O) groups is 2. The SMILES string of the molecule is COc1ccc2cc(/C=C/C(=O)O[C@@H](C)C(=O)Nc3ccc(N4CCOCC4)cc3)ccc2c1. The van der Waals surface area contributed by atoms with E-state index >= 15 is 0 Å². The van der Waals surface area contributed by atoms with E-state index in [0.29, 0.717) is 18.9 Å². The zero-order valence-electron chi connectivity index (χ0n) is 19.3. The number of rotatable bonds is 7. The number of morpholine rings is 1. The molecule has 3 aromatic carbocycles. The molecular weight excluding hydrogens is 432 g/mol. The number of carbonyl (C=O) groups excluding carboxylic acids is 2. The van der Waals surface area contributed by atoms with Gasteiger partial charge in [-0.25, -0.2) is 4.79 Å². The minimum absolute atomic E-state index is 0.388. The van der Waals surface area contributed by atoms with Gasteiger partial charge in [0.2, 0.25) is 0 Å². The Bertz CT molecular complexity index is 1180. The van der Waals surface area contributed by atoms with Gasteiger partial charge in [-0.05, 0) is 71.8 Å². The maximum atomic E-state index is 12.5. The molecule has 1 heterocycles. The minimum Gasteiger partial charge on any atom is -0.497 e. The van der Waals surface area contributed by atoms with Crippen molar-refractivity contribution >= 4 is 40.1 Å². The second-order valence-electron chi connectivity index (χ2n) is 8.02. The molecule has 0 unspecified atom stereocenters. The van der Waals surface area contributed by atoms with Crippen LogP contribution in [0.15, 0.2) is 66.7 Å². The Hall–Kier alpha value is -3.84. The van der Waals surface area contributed by atoms with Gasteiger partial charge in [0.05, 0.1) is 20.3 Å². The van der Waals surface area contributed by atoms with E-state index in [1.165, 1.54) is 6.08 Å². The number of amides is 1. The maximum absolute atomic E-state index is 12.5. The van der Waals surface area contributed by atoms with Crippen molar-refractivity contribution in [2.45, 2.75) is 13.0 Å². The molecule has 1 atom stereocenters. The van der Waals surface area contributed by atoms with E-state index in [1.54, 1.807) is 20.1 Å². The summed E-state index contributed by atoms with van der Waals surface area (Å²) in [6.45, 7) is 4.67. The van der Waals surface area contributed by atoms with Crippen molar-refractivity contribution in [3.63, 3.8) is 0 Å². The fraction of sp³-hybridized carbons (Fsp3) is 0.259. The van der Waals surface area contributed by atoms with Gasteiger partial charge in [0, 0.05) is 30.5 Å². The van der Waals surface area contributed by atoms with Crippen LogP contribution in [0.3, 0.4) is 0 Å². The number of hydrogen-bond acceptors (Lipinski definition) is 6. The Kier molecular flexibility index (Phi) is 7.44. The molecular formula is C27H28N2O5. The van der Waals surface area contributed by atoms with E-state index in [4.69, 9.17) is 14.2 Å². The number of hydrogen-bond donors (Lipinski definition) is 1. The Morgan fingerprint density at radius 2 is 1.71 bits per heavy atom. The molecule has 4 rings (SSSR count). The molecule has 1 aliphatic rings. The van der Waals surface area contributed by atoms with E-state index in [9.17, 15) is 9.59 Å². The van der Waals surface area contributed by atoms with Crippen LogP contribution in [0.25, 0.3) is 16.8 Å². The van der Waals surface area contributed by atoms with E-state index in [0.717, 1.165) is 40.9 Å². The largest absolute Gasteiger partial charge is 0.497 e.